The Bertz CT molecular complexity index is 333. The van der Waals surface area contributed by atoms with Gasteiger partial charge < -0.3 is 24.0 Å². The first-order valence-corrected chi connectivity index (χ1v) is 7.19. The molecule has 0 bridgehead atoms. The third kappa shape index (κ3) is 7.06. The minimum Gasteiger partial charge on any atom is -1.00 e. The Balaban J connectivity index is 0.00000225. The number of rotatable bonds is 5. The number of benzene rings is 1. The van der Waals surface area contributed by atoms with Crippen LogP contribution in [0, 0.1) is 0 Å². The maximum absolute atomic E-state index is 11.4. The second-order valence-electron chi connectivity index (χ2n) is 3.65. The maximum atomic E-state index is 11.4. The van der Waals surface area contributed by atoms with Crippen molar-refractivity contribution in [3.8, 4) is 0 Å². The van der Waals surface area contributed by atoms with Gasteiger partial charge >= 0.3 is 0 Å². The number of carbonyl (C=O) groups is 1. The van der Waals surface area contributed by atoms with E-state index in [0.717, 1.165) is 11.3 Å². The van der Waals surface area contributed by atoms with Crippen molar-refractivity contribution in [1.82, 2.24) is 0 Å². The summed E-state index contributed by atoms with van der Waals surface area (Å²) >= 11 is 0. The number of carbonyl (C=O) groups excluding carboxylic acids is 1. The van der Waals surface area contributed by atoms with Gasteiger partial charge in [-0.2, -0.15) is 0 Å². The van der Waals surface area contributed by atoms with Gasteiger partial charge in [-0.05, 0) is 22.5 Å². The minimum atomic E-state index is 0. The quantitative estimate of drug-likeness (QED) is 0.400. The zero-order chi connectivity index (χ0) is 11.1. The SMILES string of the molecule is C[S+](C)CCC(=O)/C=C/c1ccccc1.[I-]. The molecule has 1 nitrogen and oxygen atoms in total. The van der Waals surface area contributed by atoms with Crippen molar-refractivity contribution in [3.05, 3.63) is 42.0 Å². The summed E-state index contributed by atoms with van der Waals surface area (Å²) in [7, 11) is 0.361. The summed E-state index contributed by atoms with van der Waals surface area (Å²) in [6.07, 6.45) is 8.55. The van der Waals surface area contributed by atoms with E-state index in [2.05, 4.69) is 12.5 Å². The molecule has 0 unspecified atom stereocenters. The van der Waals surface area contributed by atoms with Gasteiger partial charge in [-0.25, -0.2) is 0 Å². The Labute approximate surface area is 118 Å². The predicted octanol–water partition coefficient (Wildman–Crippen LogP) is -0.459. The van der Waals surface area contributed by atoms with Crippen molar-refractivity contribution < 1.29 is 28.8 Å². The number of halogens is 1. The molecule has 0 aliphatic heterocycles. The Hall–Kier alpha value is -0.290. The Morgan fingerprint density at radius 3 is 2.44 bits per heavy atom. The first-order valence-electron chi connectivity index (χ1n) is 4.98. The van der Waals surface area contributed by atoms with Crippen molar-refractivity contribution in [2.75, 3.05) is 18.3 Å². The molecule has 0 aromatic heterocycles. The van der Waals surface area contributed by atoms with Gasteiger partial charge in [-0.15, -0.1) is 0 Å². The lowest BCUT2D eigenvalue weighted by atomic mass is 10.2. The van der Waals surface area contributed by atoms with Crippen LogP contribution in [0.15, 0.2) is 36.4 Å². The molecule has 0 heterocycles. The molecule has 0 atom stereocenters. The molecular weight excluding hydrogens is 331 g/mol. The van der Waals surface area contributed by atoms with E-state index in [1.165, 1.54) is 0 Å². The van der Waals surface area contributed by atoms with E-state index in [0.29, 0.717) is 17.3 Å². The maximum Gasteiger partial charge on any atom is 0.160 e. The number of hydrogen-bond acceptors (Lipinski definition) is 1. The van der Waals surface area contributed by atoms with Crippen molar-refractivity contribution >= 4 is 22.8 Å². The molecule has 0 amide bonds. The number of hydrogen-bond donors (Lipinski definition) is 0. The van der Waals surface area contributed by atoms with Gasteiger partial charge in [0.05, 0.1) is 18.9 Å². The molecule has 0 aliphatic rings. The molecule has 0 saturated carbocycles. The molecule has 1 aromatic rings. The second-order valence-corrected chi connectivity index (χ2v) is 6.03. The molecule has 0 fully saturated rings. The summed E-state index contributed by atoms with van der Waals surface area (Å²) in [6.45, 7) is 0. The van der Waals surface area contributed by atoms with Crippen LogP contribution in [0.3, 0.4) is 0 Å². The number of allylic oxidation sites excluding steroid dienone is 1. The van der Waals surface area contributed by atoms with Gasteiger partial charge in [0.1, 0.15) is 5.75 Å². The molecule has 88 valence electrons. The van der Waals surface area contributed by atoms with E-state index in [9.17, 15) is 4.79 Å². The molecule has 16 heavy (non-hydrogen) atoms. The van der Waals surface area contributed by atoms with Crippen LogP contribution in [0.5, 0.6) is 0 Å². The highest BCUT2D eigenvalue weighted by Crippen LogP contribution is 2.02. The first kappa shape index (κ1) is 15.7. The fourth-order valence-corrected chi connectivity index (χ4v) is 1.75. The van der Waals surface area contributed by atoms with E-state index in [1.807, 2.05) is 36.4 Å². The zero-order valence-corrected chi connectivity index (χ0v) is 12.6. The lowest BCUT2D eigenvalue weighted by molar-refractivity contribution is -0.114. The Morgan fingerprint density at radius 1 is 1.25 bits per heavy atom. The highest BCUT2D eigenvalue weighted by atomic mass is 127. The Kier molecular flexibility index (Phi) is 8.66. The lowest BCUT2D eigenvalue weighted by Gasteiger charge is -1.94. The fraction of sp³-hybridized carbons (Fsp3) is 0.308. The minimum absolute atomic E-state index is 0. The average Bonchev–Trinajstić information content (AvgIpc) is 2.25. The molecular formula is C13H17IOS. The standard InChI is InChI=1S/C13H17OS.HI/c1-15(2)11-10-13(14)9-8-12-6-4-3-5-7-12;/h3-9H,10-11H2,1-2H3;1H/q+1;/p-1/b9-8+;. The van der Waals surface area contributed by atoms with Gasteiger partial charge in [-0.1, -0.05) is 36.4 Å². The van der Waals surface area contributed by atoms with Gasteiger partial charge in [-0.3, -0.25) is 4.79 Å². The van der Waals surface area contributed by atoms with Crippen LogP contribution in [0.25, 0.3) is 6.08 Å². The monoisotopic (exact) mass is 348 g/mol. The molecule has 0 N–H and O–H groups in total. The third-order valence-corrected chi connectivity index (χ3v) is 3.04. The highest BCUT2D eigenvalue weighted by Gasteiger charge is 2.05. The van der Waals surface area contributed by atoms with Crippen molar-refractivity contribution in [2.24, 2.45) is 0 Å². The Morgan fingerprint density at radius 2 is 1.88 bits per heavy atom. The van der Waals surface area contributed by atoms with Gasteiger partial charge in [0.25, 0.3) is 0 Å². The number of ketones is 1. The van der Waals surface area contributed by atoms with Gasteiger partial charge in [0, 0.05) is 0 Å². The van der Waals surface area contributed by atoms with Gasteiger partial charge in [0.2, 0.25) is 0 Å². The van der Waals surface area contributed by atoms with E-state index >= 15 is 0 Å². The summed E-state index contributed by atoms with van der Waals surface area (Å²) in [5, 5.41) is 0. The average molecular weight is 348 g/mol. The van der Waals surface area contributed by atoms with Crippen LogP contribution >= 0.6 is 0 Å². The van der Waals surface area contributed by atoms with Crippen LogP contribution in [0.1, 0.15) is 12.0 Å². The topological polar surface area (TPSA) is 17.1 Å². The molecule has 0 saturated heterocycles. The largest absolute Gasteiger partial charge is 1.00 e. The molecule has 3 heteroatoms. The van der Waals surface area contributed by atoms with Crippen molar-refractivity contribution in [1.29, 1.82) is 0 Å². The van der Waals surface area contributed by atoms with Crippen LogP contribution in [-0.4, -0.2) is 24.0 Å². The molecule has 1 rings (SSSR count). The zero-order valence-electron chi connectivity index (χ0n) is 9.65. The smallest absolute Gasteiger partial charge is 0.160 e. The third-order valence-electron chi connectivity index (χ3n) is 2.02. The van der Waals surface area contributed by atoms with E-state index < -0.39 is 0 Å². The van der Waals surface area contributed by atoms with E-state index in [1.54, 1.807) is 6.08 Å². The molecule has 0 aliphatic carbocycles. The molecule has 0 spiro atoms. The van der Waals surface area contributed by atoms with Crippen LogP contribution in [0.4, 0.5) is 0 Å². The fourth-order valence-electron chi connectivity index (χ4n) is 1.14. The predicted molar refractivity (Wildman–Crippen MR) is 69.2 cm³/mol. The summed E-state index contributed by atoms with van der Waals surface area (Å²) in [4.78, 5) is 11.4. The lowest BCUT2D eigenvalue weighted by Crippen LogP contribution is -3.00. The van der Waals surface area contributed by atoms with Crippen LogP contribution in [-0.2, 0) is 15.7 Å². The van der Waals surface area contributed by atoms with E-state index in [4.69, 9.17) is 0 Å². The molecule has 1 aromatic carbocycles. The van der Waals surface area contributed by atoms with E-state index in [-0.39, 0.29) is 29.8 Å². The summed E-state index contributed by atoms with van der Waals surface area (Å²) in [5.41, 5.74) is 1.08. The molecule has 0 radical (unpaired) electrons. The van der Waals surface area contributed by atoms with Crippen molar-refractivity contribution in [2.45, 2.75) is 6.42 Å². The summed E-state index contributed by atoms with van der Waals surface area (Å²) in [6, 6.07) is 9.90. The van der Waals surface area contributed by atoms with Crippen LogP contribution in [0.2, 0.25) is 0 Å². The summed E-state index contributed by atoms with van der Waals surface area (Å²) in [5.74, 6) is 1.22. The summed E-state index contributed by atoms with van der Waals surface area (Å²) < 4.78 is 0. The van der Waals surface area contributed by atoms with Crippen molar-refractivity contribution in [3.63, 3.8) is 0 Å². The second kappa shape index (κ2) is 8.82. The van der Waals surface area contributed by atoms with Crippen LogP contribution < -0.4 is 24.0 Å². The van der Waals surface area contributed by atoms with Gasteiger partial charge in [0.15, 0.2) is 5.78 Å². The highest BCUT2D eigenvalue weighted by molar-refractivity contribution is 7.95. The first-order chi connectivity index (χ1) is 7.18. The normalized spacial score (nSPS) is 10.4.